The first kappa shape index (κ1) is 15.2. The van der Waals surface area contributed by atoms with Crippen molar-refractivity contribution in [2.45, 2.75) is 39.0 Å². The Bertz CT molecular complexity index is 971. The summed E-state index contributed by atoms with van der Waals surface area (Å²) in [5.74, 6) is -0.0256. The fourth-order valence-electron chi connectivity index (χ4n) is 3.86. The van der Waals surface area contributed by atoms with Crippen molar-refractivity contribution in [3.05, 3.63) is 57.2 Å². The molecule has 2 heterocycles. The number of Topliss-reactive ketones (excluding diaryl/α,β-unsaturated/α-hetero) is 1. The van der Waals surface area contributed by atoms with Crippen LogP contribution in [0.3, 0.4) is 0 Å². The van der Waals surface area contributed by atoms with Gasteiger partial charge in [-0.3, -0.25) is 4.79 Å². The highest BCUT2D eigenvalue weighted by Crippen LogP contribution is 2.47. The second-order valence-corrected chi connectivity index (χ2v) is 7.55. The number of carbonyl (C=O) groups excluding carboxylic acids is 1. The summed E-state index contributed by atoms with van der Waals surface area (Å²) in [6.45, 7) is 4.05. The number of thiophene rings is 1. The van der Waals surface area contributed by atoms with Crippen LogP contribution in [0.5, 0.6) is 0 Å². The Morgan fingerprint density at radius 1 is 1.25 bits per heavy atom. The van der Waals surface area contributed by atoms with Crippen molar-refractivity contribution in [3.8, 4) is 6.07 Å². The number of hydrogen-bond donors (Lipinski definition) is 1. The largest absolute Gasteiger partial charge is 0.361 e. The van der Waals surface area contributed by atoms with Crippen LogP contribution in [0.2, 0.25) is 0 Å². The van der Waals surface area contributed by atoms with Gasteiger partial charge in [0.25, 0.3) is 0 Å². The van der Waals surface area contributed by atoms with Gasteiger partial charge in [-0.15, -0.1) is 11.3 Å². The zero-order valence-electron chi connectivity index (χ0n) is 13.8. The quantitative estimate of drug-likeness (QED) is 0.822. The van der Waals surface area contributed by atoms with E-state index >= 15 is 0 Å². The van der Waals surface area contributed by atoms with E-state index < -0.39 is 0 Å². The third kappa shape index (κ3) is 2.12. The minimum Gasteiger partial charge on any atom is -0.361 e. The number of ketones is 1. The molecule has 0 saturated carbocycles. The molecule has 1 atom stereocenters. The van der Waals surface area contributed by atoms with Crippen LogP contribution in [-0.2, 0) is 4.79 Å². The van der Waals surface area contributed by atoms with Gasteiger partial charge in [-0.25, -0.2) is 0 Å². The second-order valence-electron chi connectivity index (χ2n) is 6.46. The molecule has 24 heavy (non-hydrogen) atoms. The number of dihydropyridines is 1. The van der Waals surface area contributed by atoms with Gasteiger partial charge in [-0.1, -0.05) is 18.2 Å². The highest BCUT2D eigenvalue weighted by Gasteiger charge is 2.37. The van der Waals surface area contributed by atoms with E-state index in [2.05, 4.69) is 30.4 Å². The molecule has 0 spiro atoms. The number of fused-ring (bicyclic) bond motifs is 1. The van der Waals surface area contributed by atoms with Crippen molar-refractivity contribution in [2.75, 3.05) is 0 Å². The highest BCUT2D eigenvalue weighted by atomic mass is 32.1. The van der Waals surface area contributed by atoms with Crippen molar-refractivity contribution in [1.29, 1.82) is 5.26 Å². The van der Waals surface area contributed by atoms with Crippen LogP contribution in [0.1, 0.15) is 42.5 Å². The van der Waals surface area contributed by atoms with Crippen molar-refractivity contribution in [1.82, 2.24) is 5.32 Å². The van der Waals surface area contributed by atoms with Gasteiger partial charge >= 0.3 is 0 Å². The summed E-state index contributed by atoms with van der Waals surface area (Å²) in [5.41, 5.74) is 4.59. The number of nitrogens with zero attached hydrogens (tertiary/aromatic N) is 1. The number of nitrogens with one attached hydrogen (secondary N) is 1. The topological polar surface area (TPSA) is 52.9 Å². The van der Waals surface area contributed by atoms with Crippen molar-refractivity contribution in [3.63, 3.8) is 0 Å². The molecule has 0 unspecified atom stereocenters. The predicted molar refractivity (Wildman–Crippen MR) is 96.6 cm³/mol. The lowest BCUT2D eigenvalue weighted by Crippen LogP contribution is -2.31. The average Bonchev–Trinajstić information content (AvgIpc) is 2.91. The predicted octanol–water partition coefficient (Wildman–Crippen LogP) is 4.70. The average molecular weight is 334 g/mol. The molecule has 4 rings (SSSR count). The monoisotopic (exact) mass is 334 g/mol. The van der Waals surface area contributed by atoms with Crippen LogP contribution in [0.25, 0.3) is 10.1 Å². The van der Waals surface area contributed by atoms with Crippen LogP contribution in [0.4, 0.5) is 0 Å². The molecule has 4 heteroatoms. The molecule has 1 aliphatic carbocycles. The maximum Gasteiger partial charge on any atom is 0.161 e. The number of rotatable bonds is 1. The van der Waals surface area contributed by atoms with Gasteiger partial charge in [-0.2, -0.15) is 5.26 Å². The summed E-state index contributed by atoms with van der Waals surface area (Å²) in [4.78, 5) is 13.8. The van der Waals surface area contributed by atoms with E-state index in [0.29, 0.717) is 12.0 Å². The first-order valence-corrected chi connectivity index (χ1v) is 9.05. The van der Waals surface area contributed by atoms with Crippen LogP contribution in [-0.4, -0.2) is 5.78 Å². The molecule has 1 aromatic carbocycles. The van der Waals surface area contributed by atoms with Gasteiger partial charge in [0.2, 0.25) is 0 Å². The summed E-state index contributed by atoms with van der Waals surface area (Å²) in [6.07, 6.45) is 2.36. The van der Waals surface area contributed by atoms with Gasteiger partial charge in [0, 0.05) is 33.0 Å². The van der Waals surface area contributed by atoms with Crippen molar-refractivity contribution in [2.24, 2.45) is 0 Å². The van der Waals surface area contributed by atoms with Gasteiger partial charge in [0.15, 0.2) is 5.78 Å². The van der Waals surface area contributed by atoms with E-state index in [-0.39, 0.29) is 11.7 Å². The van der Waals surface area contributed by atoms with E-state index in [1.165, 1.54) is 15.6 Å². The van der Waals surface area contributed by atoms with E-state index in [9.17, 15) is 10.1 Å². The zero-order valence-corrected chi connectivity index (χ0v) is 14.6. The summed E-state index contributed by atoms with van der Waals surface area (Å²) in [6, 6.07) is 10.7. The Morgan fingerprint density at radius 3 is 2.79 bits per heavy atom. The molecular formula is C20H18N2OS. The maximum absolute atomic E-state index is 12.7. The molecule has 2 aromatic rings. The summed E-state index contributed by atoms with van der Waals surface area (Å²) < 4.78 is 1.21. The summed E-state index contributed by atoms with van der Waals surface area (Å²) in [7, 11) is 0. The van der Waals surface area contributed by atoms with Crippen molar-refractivity contribution >= 4 is 27.2 Å². The van der Waals surface area contributed by atoms with Crippen LogP contribution in [0.15, 0.2) is 46.8 Å². The van der Waals surface area contributed by atoms with Crippen LogP contribution in [0, 0.1) is 18.3 Å². The lowest BCUT2D eigenvalue weighted by molar-refractivity contribution is -0.116. The summed E-state index contributed by atoms with van der Waals surface area (Å²) in [5, 5.41) is 14.3. The number of allylic oxidation sites excluding steroid dienone is 4. The highest BCUT2D eigenvalue weighted by molar-refractivity contribution is 7.19. The van der Waals surface area contributed by atoms with Gasteiger partial charge in [0.05, 0.1) is 17.6 Å². The molecule has 1 aliphatic heterocycles. The normalized spacial score (nSPS) is 20.9. The fourth-order valence-corrected chi connectivity index (χ4v) is 5.19. The van der Waals surface area contributed by atoms with Crippen LogP contribution >= 0.6 is 11.3 Å². The number of aryl methyl sites for hydroxylation is 1. The molecule has 0 amide bonds. The zero-order chi connectivity index (χ0) is 16.8. The van der Waals surface area contributed by atoms with Gasteiger partial charge < -0.3 is 5.32 Å². The van der Waals surface area contributed by atoms with E-state index in [1.54, 1.807) is 11.3 Å². The van der Waals surface area contributed by atoms with Gasteiger partial charge in [0.1, 0.15) is 0 Å². The molecule has 0 fully saturated rings. The fraction of sp³-hybridized carbons (Fsp3) is 0.300. The van der Waals surface area contributed by atoms with Gasteiger partial charge in [-0.05, 0) is 43.7 Å². The third-order valence-corrected chi connectivity index (χ3v) is 6.38. The molecule has 2 aliphatic rings. The minimum atomic E-state index is -0.212. The summed E-state index contributed by atoms with van der Waals surface area (Å²) >= 11 is 1.71. The molecule has 0 radical (unpaired) electrons. The van der Waals surface area contributed by atoms with Crippen LogP contribution < -0.4 is 5.32 Å². The Balaban J connectivity index is 1.99. The minimum absolute atomic E-state index is 0.186. The SMILES string of the molecule is CC1=C(C#N)[C@H](c2sc3ccccc3c2C)C2=C(CCCC2=O)N1. The Labute approximate surface area is 145 Å². The number of carbonyl (C=O) groups is 1. The Kier molecular flexibility index (Phi) is 3.54. The lowest BCUT2D eigenvalue weighted by atomic mass is 9.77. The number of benzene rings is 1. The molecule has 0 saturated heterocycles. The Morgan fingerprint density at radius 2 is 2.04 bits per heavy atom. The lowest BCUT2D eigenvalue weighted by Gasteiger charge is -2.32. The molecule has 1 aromatic heterocycles. The van der Waals surface area contributed by atoms with E-state index in [0.717, 1.165) is 34.7 Å². The number of hydrogen-bond acceptors (Lipinski definition) is 4. The second kappa shape index (κ2) is 5.61. The standard InChI is InChI=1S/C20H18N2OS/c1-11-13-6-3-4-9-17(13)24-20(11)18-14(10-21)12(2)22-15-7-5-8-16(23)19(15)18/h3-4,6,9,18,22H,5,7-8H2,1-2H3/t18-/m0/s1. The van der Waals surface area contributed by atoms with E-state index in [4.69, 9.17) is 0 Å². The molecular weight excluding hydrogens is 316 g/mol. The molecule has 3 nitrogen and oxygen atoms in total. The third-order valence-electron chi connectivity index (χ3n) is 5.04. The first-order valence-electron chi connectivity index (χ1n) is 8.24. The maximum atomic E-state index is 12.7. The number of nitriles is 1. The van der Waals surface area contributed by atoms with Crippen molar-refractivity contribution < 1.29 is 4.79 Å². The first-order chi connectivity index (χ1) is 11.6. The smallest absolute Gasteiger partial charge is 0.161 e. The molecule has 0 bridgehead atoms. The van der Waals surface area contributed by atoms with E-state index in [1.807, 2.05) is 19.1 Å². The Hall–Kier alpha value is -2.38. The molecule has 1 N–H and O–H groups in total. The molecule has 120 valence electrons.